The number of nitrogens with zero attached hydrogens (tertiary/aromatic N) is 1. The van der Waals surface area contributed by atoms with E-state index in [9.17, 15) is 34.0 Å². The van der Waals surface area contributed by atoms with Gasteiger partial charge < -0.3 is 30.3 Å². The molecule has 0 radical (unpaired) electrons. The molecule has 0 aromatic carbocycles. The maximum atomic E-state index is 10.7. The van der Waals surface area contributed by atoms with E-state index in [2.05, 4.69) is 28.6 Å². The quantitative estimate of drug-likeness (QED) is 0.0756. The Bertz CT molecular complexity index is 595. The molecule has 6 atom stereocenters. The van der Waals surface area contributed by atoms with Gasteiger partial charge in [-0.1, -0.05) is 11.2 Å². The van der Waals surface area contributed by atoms with Gasteiger partial charge in [0.15, 0.2) is 4.93 Å². The van der Waals surface area contributed by atoms with Crippen LogP contribution in [0, 0.1) is 0 Å². The SMILES string of the molecule is C=CC[C@@H](O)C/C(=N\OS(=O)(=O)O)[C@@]1(S)O[C@H](CO)[C@@H](O)[C@H](O)[C@H]1O. The van der Waals surface area contributed by atoms with Gasteiger partial charge in [0.25, 0.3) is 0 Å². The predicted molar refractivity (Wildman–Crippen MR) is 87.2 cm³/mol. The molecule has 1 fully saturated rings. The van der Waals surface area contributed by atoms with Crippen molar-refractivity contribution in [3.8, 4) is 0 Å². The standard InChI is InChI=1S/C12H21NO10S2/c1-2-3-6(15)4-8(13-23-25(19,20)21)12(24)11(18)10(17)9(16)7(5-14)22-12/h2,6-7,9-11,14-18,24H,1,3-5H2,(H,19,20,21)/b13-8+/t6-,7-,9-,10+,11-,12+/m1/s1. The van der Waals surface area contributed by atoms with Crippen molar-refractivity contribution in [3.63, 3.8) is 0 Å². The fourth-order valence-electron chi connectivity index (χ4n) is 2.23. The van der Waals surface area contributed by atoms with E-state index in [1.54, 1.807) is 0 Å². The number of thiol groups is 1. The molecule has 146 valence electrons. The summed E-state index contributed by atoms with van der Waals surface area (Å²) in [5.74, 6) is 0. The molecule has 0 unspecified atom stereocenters. The maximum Gasteiger partial charge on any atom is 0.466 e. The molecule has 0 aromatic rings. The molecule has 0 bridgehead atoms. The monoisotopic (exact) mass is 403 g/mol. The highest BCUT2D eigenvalue weighted by molar-refractivity contribution is 7.82. The molecule has 0 amide bonds. The van der Waals surface area contributed by atoms with Crippen LogP contribution in [0.15, 0.2) is 17.8 Å². The van der Waals surface area contributed by atoms with Gasteiger partial charge >= 0.3 is 10.4 Å². The van der Waals surface area contributed by atoms with Gasteiger partial charge in [-0.25, -0.2) is 4.28 Å². The summed E-state index contributed by atoms with van der Waals surface area (Å²) in [6.45, 7) is 2.64. The molecule has 25 heavy (non-hydrogen) atoms. The first kappa shape index (κ1) is 22.3. The van der Waals surface area contributed by atoms with Crippen molar-refractivity contribution in [1.29, 1.82) is 0 Å². The Balaban J connectivity index is 3.26. The zero-order valence-corrected chi connectivity index (χ0v) is 14.6. The molecule has 1 heterocycles. The van der Waals surface area contributed by atoms with E-state index in [1.165, 1.54) is 6.08 Å². The van der Waals surface area contributed by atoms with E-state index >= 15 is 0 Å². The van der Waals surface area contributed by atoms with Crippen LogP contribution < -0.4 is 0 Å². The average Bonchev–Trinajstić information content (AvgIpc) is 2.52. The lowest BCUT2D eigenvalue weighted by molar-refractivity contribution is -0.222. The van der Waals surface area contributed by atoms with Crippen LogP contribution in [0.25, 0.3) is 0 Å². The minimum absolute atomic E-state index is 0.0411. The highest BCUT2D eigenvalue weighted by Crippen LogP contribution is 2.36. The zero-order chi connectivity index (χ0) is 19.4. The minimum Gasteiger partial charge on any atom is -0.394 e. The van der Waals surface area contributed by atoms with E-state index in [-0.39, 0.29) is 6.42 Å². The summed E-state index contributed by atoms with van der Waals surface area (Å²) in [6.07, 6.45) is -7.07. The van der Waals surface area contributed by atoms with Crippen LogP contribution in [0.1, 0.15) is 12.8 Å². The van der Waals surface area contributed by atoms with Gasteiger partial charge in [0, 0.05) is 6.42 Å². The summed E-state index contributed by atoms with van der Waals surface area (Å²) in [6, 6.07) is 0. The van der Waals surface area contributed by atoms with Crippen molar-refractivity contribution < 1.29 is 47.5 Å². The second-order valence-corrected chi connectivity index (χ2v) is 7.05. The van der Waals surface area contributed by atoms with Gasteiger partial charge in [0.05, 0.1) is 12.7 Å². The van der Waals surface area contributed by atoms with E-state index < -0.39 is 64.6 Å². The summed E-state index contributed by atoms with van der Waals surface area (Å²) >= 11 is 4.05. The normalized spacial score (nSPS) is 35.2. The third-order valence-electron chi connectivity index (χ3n) is 3.49. The maximum absolute atomic E-state index is 10.7. The second-order valence-electron chi connectivity index (χ2n) is 5.38. The van der Waals surface area contributed by atoms with Crippen molar-refractivity contribution in [2.75, 3.05) is 6.61 Å². The van der Waals surface area contributed by atoms with Crippen molar-refractivity contribution in [2.24, 2.45) is 5.16 Å². The van der Waals surface area contributed by atoms with Crippen LogP contribution in [0.2, 0.25) is 0 Å². The number of aliphatic hydroxyl groups excluding tert-OH is 5. The summed E-state index contributed by atoms with van der Waals surface area (Å²) in [5.41, 5.74) is -0.514. The summed E-state index contributed by atoms with van der Waals surface area (Å²) in [4.78, 5) is -2.24. The van der Waals surface area contributed by atoms with Crippen LogP contribution in [-0.4, -0.2) is 86.3 Å². The van der Waals surface area contributed by atoms with Crippen LogP contribution in [0.4, 0.5) is 0 Å². The van der Waals surface area contributed by atoms with Crippen molar-refractivity contribution in [2.45, 2.75) is 48.3 Å². The summed E-state index contributed by atoms with van der Waals surface area (Å²) < 4.78 is 39.3. The molecule has 1 saturated heterocycles. The molecule has 13 heteroatoms. The van der Waals surface area contributed by atoms with E-state index in [1.807, 2.05) is 0 Å². The Morgan fingerprint density at radius 1 is 1.40 bits per heavy atom. The van der Waals surface area contributed by atoms with Crippen molar-refractivity contribution in [3.05, 3.63) is 12.7 Å². The Labute approximate surface area is 149 Å². The van der Waals surface area contributed by atoms with Gasteiger partial charge in [-0.05, 0) is 6.42 Å². The molecular weight excluding hydrogens is 382 g/mol. The smallest absolute Gasteiger partial charge is 0.394 e. The second kappa shape index (κ2) is 8.75. The minimum atomic E-state index is -5.02. The van der Waals surface area contributed by atoms with Crippen LogP contribution in [-0.2, 0) is 19.4 Å². The molecule has 11 nitrogen and oxygen atoms in total. The van der Waals surface area contributed by atoms with Gasteiger partial charge in [-0.15, -0.1) is 19.2 Å². The number of hydrogen-bond acceptors (Lipinski definition) is 11. The number of oxime groups is 1. The van der Waals surface area contributed by atoms with Crippen LogP contribution in [0.3, 0.4) is 0 Å². The Morgan fingerprint density at radius 3 is 2.48 bits per heavy atom. The van der Waals surface area contributed by atoms with Gasteiger partial charge in [0.1, 0.15) is 30.1 Å². The zero-order valence-electron chi connectivity index (χ0n) is 12.9. The summed E-state index contributed by atoms with van der Waals surface area (Å²) in [7, 11) is -5.02. The lowest BCUT2D eigenvalue weighted by Crippen LogP contribution is -2.66. The Morgan fingerprint density at radius 2 is 2.00 bits per heavy atom. The highest BCUT2D eigenvalue weighted by Gasteiger charge is 2.54. The fraction of sp³-hybridized carbons (Fsp3) is 0.750. The first-order valence-electron chi connectivity index (χ1n) is 7.03. The third-order valence-corrected chi connectivity index (χ3v) is 4.38. The third kappa shape index (κ3) is 5.60. The largest absolute Gasteiger partial charge is 0.466 e. The lowest BCUT2D eigenvalue weighted by Gasteiger charge is -2.46. The molecule has 0 aromatic heterocycles. The highest BCUT2D eigenvalue weighted by atomic mass is 32.3. The van der Waals surface area contributed by atoms with Crippen LogP contribution in [0.5, 0.6) is 0 Å². The first-order chi connectivity index (χ1) is 11.5. The van der Waals surface area contributed by atoms with Gasteiger partial charge in [-0.2, -0.15) is 8.42 Å². The van der Waals surface area contributed by atoms with Gasteiger partial charge in [0.2, 0.25) is 0 Å². The number of ether oxygens (including phenoxy) is 1. The summed E-state index contributed by atoms with van der Waals surface area (Å²) in [5, 5.41) is 52.1. The average molecular weight is 403 g/mol. The first-order valence-corrected chi connectivity index (χ1v) is 8.85. The molecular formula is C12H21NO10S2. The number of rotatable bonds is 8. The molecule has 1 rings (SSSR count). The van der Waals surface area contributed by atoms with Crippen molar-refractivity contribution in [1.82, 2.24) is 0 Å². The molecule has 0 spiro atoms. The number of aliphatic hydroxyl groups is 5. The molecule has 0 saturated carbocycles. The lowest BCUT2D eigenvalue weighted by atomic mass is 9.90. The molecule has 0 aliphatic carbocycles. The van der Waals surface area contributed by atoms with E-state index in [0.717, 1.165) is 0 Å². The molecule has 1 aliphatic heterocycles. The topological polar surface area (TPSA) is 186 Å². The van der Waals surface area contributed by atoms with Crippen molar-refractivity contribution >= 4 is 28.7 Å². The Hall–Kier alpha value is -0.770. The number of hydrogen-bond donors (Lipinski definition) is 7. The van der Waals surface area contributed by atoms with E-state index in [4.69, 9.17) is 9.29 Å². The molecule has 1 aliphatic rings. The van der Waals surface area contributed by atoms with Gasteiger partial charge in [-0.3, -0.25) is 4.55 Å². The predicted octanol–water partition coefficient (Wildman–Crippen LogP) is -2.41. The van der Waals surface area contributed by atoms with E-state index in [0.29, 0.717) is 0 Å². The molecule has 6 N–H and O–H groups in total. The fourth-order valence-corrected chi connectivity index (χ4v) is 2.84. The van der Waals surface area contributed by atoms with Crippen LogP contribution >= 0.6 is 12.6 Å². The Kier molecular flexibility index (Phi) is 7.79.